The van der Waals surface area contributed by atoms with Crippen molar-refractivity contribution in [1.29, 1.82) is 0 Å². The minimum Gasteiger partial charge on any atom is -0.421 e. The van der Waals surface area contributed by atoms with Crippen molar-refractivity contribution in [1.82, 2.24) is 10.4 Å². The van der Waals surface area contributed by atoms with Gasteiger partial charge in [-0.1, -0.05) is 82.2 Å². The summed E-state index contributed by atoms with van der Waals surface area (Å²) in [5, 5.41) is 5.16. The number of H-pyrrole nitrogens is 1. The summed E-state index contributed by atoms with van der Waals surface area (Å²) in [6.07, 6.45) is 1.45. The molecule has 0 aliphatic rings. The largest absolute Gasteiger partial charge is 0.421 e. The average Bonchev–Trinajstić information content (AvgIpc) is 3.32. The molecule has 0 atom stereocenters. The Labute approximate surface area is 242 Å². The van der Waals surface area contributed by atoms with E-state index in [4.69, 9.17) is 4.74 Å². The van der Waals surface area contributed by atoms with Crippen LogP contribution in [0.5, 0.6) is 5.75 Å². The summed E-state index contributed by atoms with van der Waals surface area (Å²) in [6, 6.07) is 26.4. The van der Waals surface area contributed by atoms with Gasteiger partial charge in [0, 0.05) is 26.5 Å². The SMILES string of the molecule is Cc1cccc(C(=O)Oc2c(Br)cc(Br)cc2C=NNC(=O)c2[nH]c3c(C)cccc3c2-c2ccccc2)c1. The third kappa shape index (κ3) is 5.72. The Morgan fingerprint density at radius 1 is 0.923 bits per heavy atom. The lowest BCUT2D eigenvalue weighted by molar-refractivity contribution is 0.0732. The lowest BCUT2D eigenvalue weighted by Gasteiger charge is -2.11. The summed E-state index contributed by atoms with van der Waals surface area (Å²) in [5.41, 5.74) is 8.56. The van der Waals surface area contributed by atoms with E-state index in [2.05, 4.69) is 47.4 Å². The van der Waals surface area contributed by atoms with Crippen LogP contribution in [0.4, 0.5) is 0 Å². The summed E-state index contributed by atoms with van der Waals surface area (Å²) in [4.78, 5) is 29.5. The van der Waals surface area contributed by atoms with Crippen LogP contribution in [-0.2, 0) is 0 Å². The smallest absolute Gasteiger partial charge is 0.343 e. The van der Waals surface area contributed by atoms with Crippen molar-refractivity contribution in [2.45, 2.75) is 13.8 Å². The molecule has 5 rings (SSSR count). The maximum Gasteiger partial charge on any atom is 0.343 e. The molecule has 0 radical (unpaired) electrons. The van der Waals surface area contributed by atoms with Crippen LogP contribution in [0.25, 0.3) is 22.0 Å². The molecule has 8 heteroatoms. The maximum absolute atomic E-state index is 13.4. The molecule has 1 aromatic heterocycles. The number of aromatic nitrogens is 1. The number of nitrogens with zero attached hydrogens (tertiary/aromatic N) is 1. The predicted octanol–water partition coefficient (Wildman–Crippen LogP) is 7.96. The van der Waals surface area contributed by atoms with Crippen molar-refractivity contribution in [3.05, 3.63) is 122 Å². The number of para-hydroxylation sites is 1. The van der Waals surface area contributed by atoms with Crippen molar-refractivity contribution in [2.75, 3.05) is 0 Å². The average molecular weight is 645 g/mol. The molecule has 0 fully saturated rings. The second kappa shape index (κ2) is 11.4. The molecule has 0 spiro atoms. The van der Waals surface area contributed by atoms with Crippen molar-refractivity contribution in [3.63, 3.8) is 0 Å². The minimum absolute atomic E-state index is 0.286. The van der Waals surface area contributed by atoms with E-state index in [9.17, 15) is 9.59 Å². The number of hydrogen-bond acceptors (Lipinski definition) is 4. The number of amides is 1. The van der Waals surface area contributed by atoms with E-state index >= 15 is 0 Å². The molecule has 1 heterocycles. The highest BCUT2D eigenvalue weighted by Crippen LogP contribution is 2.34. The van der Waals surface area contributed by atoms with E-state index in [1.807, 2.05) is 68.4 Å². The van der Waals surface area contributed by atoms with Crippen LogP contribution in [0.1, 0.15) is 37.5 Å². The quantitative estimate of drug-likeness (QED) is 0.0851. The number of carbonyl (C=O) groups excluding carboxylic acids is 2. The number of hydrazone groups is 1. The fourth-order valence-electron chi connectivity index (χ4n) is 4.36. The van der Waals surface area contributed by atoms with Crippen LogP contribution in [0.3, 0.4) is 0 Å². The van der Waals surface area contributed by atoms with Gasteiger partial charge in [-0.15, -0.1) is 0 Å². The molecule has 0 saturated heterocycles. The number of ether oxygens (including phenoxy) is 1. The van der Waals surface area contributed by atoms with E-state index in [0.29, 0.717) is 21.3 Å². The van der Waals surface area contributed by atoms with E-state index in [-0.39, 0.29) is 5.75 Å². The minimum atomic E-state index is -0.499. The predicted molar refractivity (Wildman–Crippen MR) is 162 cm³/mol. The Balaban J connectivity index is 1.45. The number of carbonyl (C=O) groups is 2. The number of rotatable bonds is 6. The van der Waals surface area contributed by atoms with E-state index < -0.39 is 11.9 Å². The summed E-state index contributed by atoms with van der Waals surface area (Å²) < 4.78 is 7.03. The molecule has 5 aromatic rings. The third-order valence-electron chi connectivity index (χ3n) is 6.19. The zero-order valence-electron chi connectivity index (χ0n) is 21.1. The van der Waals surface area contributed by atoms with Gasteiger partial charge in [-0.3, -0.25) is 4.79 Å². The molecule has 0 bridgehead atoms. The first kappa shape index (κ1) is 26.6. The number of fused-ring (bicyclic) bond motifs is 1. The van der Waals surface area contributed by atoms with Crippen LogP contribution in [0.15, 0.2) is 99.0 Å². The molecular formula is C31H23Br2N3O3. The maximum atomic E-state index is 13.4. The second-order valence-corrected chi connectivity index (χ2v) is 10.8. The lowest BCUT2D eigenvalue weighted by Crippen LogP contribution is -2.19. The van der Waals surface area contributed by atoms with Crippen molar-refractivity contribution >= 4 is 60.9 Å². The monoisotopic (exact) mass is 643 g/mol. The van der Waals surface area contributed by atoms with Crippen molar-refractivity contribution < 1.29 is 14.3 Å². The molecule has 4 aromatic carbocycles. The Kier molecular flexibility index (Phi) is 7.77. The highest BCUT2D eigenvalue weighted by Gasteiger charge is 2.20. The molecule has 1 amide bonds. The van der Waals surface area contributed by atoms with Crippen LogP contribution in [0, 0.1) is 13.8 Å². The molecule has 0 aliphatic heterocycles. The number of esters is 1. The third-order valence-corrected chi connectivity index (χ3v) is 7.23. The van der Waals surface area contributed by atoms with Gasteiger partial charge in [0.05, 0.1) is 16.3 Å². The van der Waals surface area contributed by atoms with Crippen LogP contribution in [-0.4, -0.2) is 23.1 Å². The van der Waals surface area contributed by atoms with Crippen LogP contribution >= 0.6 is 31.9 Å². The van der Waals surface area contributed by atoms with Gasteiger partial charge in [-0.25, -0.2) is 10.2 Å². The standard InChI is InChI=1S/C31H23Br2N3O3/c1-18-8-6-12-21(14-18)31(38)39-29-22(15-23(32)16-25(29)33)17-34-36-30(37)28-26(20-10-4-3-5-11-20)24-13-7-9-19(2)27(24)35-28/h3-17,35H,1-2H3,(H,36,37). The number of aryl methyl sites for hydroxylation is 2. The molecule has 6 nitrogen and oxygen atoms in total. The second-order valence-electron chi connectivity index (χ2n) is 9.00. The summed E-state index contributed by atoms with van der Waals surface area (Å²) in [6.45, 7) is 3.91. The first-order valence-corrected chi connectivity index (χ1v) is 13.7. The van der Waals surface area contributed by atoms with Gasteiger partial charge in [0.1, 0.15) is 5.69 Å². The van der Waals surface area contributed by atoms with Gasteiger partial charge in [0.2, 0.25) is 0 Å². The van der Waals surface area contributed by atoms with Crippen LogP contribution in [0.2, 0.25) is 0 Å². The molecule has 0 saturated carbocycles. The van der Waals surface area contributed by atoms with Crippen LogP contribution < -0.4 is 10.2 Å². The molecule has 194 valence electrons. The van der Waals surface area contributed by atoms with Gasteiger partial charge >= 0.3 is 5.97 Å². The van der Waals surface area contributed by atoms with Gasteiger partial charge in [-0.2, -0.15) is 5.10 Å². The van der Waals surface area contributed by atoms with E-state index in [0.717, 1.165) is 37.6 Å². The number of nitrogens with one attached hydrogen (secondary N) is 2. The fourth-order valence-corrected chi connectivity index (χ4v) is 5.70. The van der Waals surface area contributed by atoms with Gasteiger partial charge in [-0.05, 0) is 65.2 Å². The van der Waals surface area contributed by atoms with Gasteiger partial charge < -0.3 is 9.72 Å². The molecule has 39 heavy (non-hydrogen) atoms. The van der Waals surface area contributed by atoms with Gasteiger partial charge in [0.15, 0.2) is 5.75 Å². The molecule has 2 N–H and O–H groups in total. The van der Waals surface area contributed by atoms with Gasteiger partial charge in [0.25, 0.3) is 5.91 Å². The lowest BCUT2D eigenvalue weighted by atomic mass is 10.0. The molecule has 0 unspecified atom stereocenters. The topological polar surface area (TPSA) is 83.5 Å². The number of aromatic amines is 1. The highest BCUT2D eigenvalue weighted by atomic mass is 79.9. The summed E-state index contributed by atoms with van der Waals surface area (Å²) >= 11 is 6.93. The Hall–Kier alpha value is -4.01. The Morgan fingerprint density at radius 2 is 1.69 bits per heavy atom. The normalized spacial score (nSPS) is 11.2. The first-order valence-electron chi connectivity index (χ1n) is 12.1. The molecule has 0 aliphatic carbocycles. The zero-order valence-corrected chi connectivity index (χ0v) is 24.3. The van der Waals surface area contributed by atoms with E-state index in [1.54, 1.807) is 30.3 Å². The Bertz CT molecular complexity index is 1740. The first-order chi connectivity index (χ1) is 18.8. The zero-order chi connectivity index (χ0) is 27.5. The fraction of sp³-hybridized carbons (Fsp3) is 0.0645. The highest BCUT2D eigenvalue weighted by molar-refractivity contribution is 9.11. The van der Waals surface area contributed by atoms with E-state index in [1.165, 1.54) is 6.21 Å². The number of halogens is 2. The summed E-state index contributed by atoms with van der Waals surface area (Å²) in [7, 11) is 0. The summed E-state index contributed by atoms with van der Waals surface area (Å²) in [5.74, 6) is -0.608. The number of benzene rings is 4. The Morgan fingerprint density at radius 3 is 2.46 bits per heavy atom. The van der Waals surface area contributed by atoms with Crippen molar-refractivity contribution in [3.8, 4) is 16.9 Å². The molecular weight excluding hydrogens is 622 g/mol. The van der Waals surface area contributed by atoms with Crippen molar-refractivity contribution in [2.24, 2.45) is 5.10 Å². The number of hydrogen-bond donors (Lipinski definition) is 2.